The second-order valence-corrected chi connectivity index (χ2v) is 4.59. The Balaban J connectivity index is 2.26. The Bertz CT molecular complexity index is 795. The van der Waals surface area contributed by atoms with E-state index < -0.39 is 0 Å². The molecule has 0 radical (unpaired) electrons. The summed E-state index contributed by atoms with van der Waals surface area (Å²) >= 11 is 0. The SMILES string of the molecule is COc1ccc2c(c1)nc(-c1cc(N)ccc1F)n2C. The Kier molecular flexibility index (Phi) is 2.82. The van der Waals surface area contributed by atoms with Crippen molar-refractivity contribution in [2.45, 2.75) is 0 Å². The van der Waals surface area contributed by atoms with Gasteiger partial charge in [-0.1, -0.05) is 0 Å². The van der Waals surface area contributed by atoms with Crippen LogP contribution in [0.25, 0.3) is 22.4 Å². The first-order valence-corrected chi connectivity index (χ1v) is 6.16. The highest BCUT2D eigenvalue weighted by atomic mass is 19.1. The monoisotopic (exact) mass is 271 g/mol. The molecule has 0 aliphatic rings. The number of aromatic nitrogens is 2. The number of aryl methyl sites for hydroxylation is 1. The summed E-state index contributed by atoms with van der Waals surface area (Å²) < 4.78 is 21.0. The summed E-state index contributed by atoms with van der Waals surface area (Å²) in [5, 5.41) is 0. The molecule has 0 aliphatic heterocycles. The molecule has 3 rings (SSSR count). The fraction of sp³-hybridized carbons (Fsp3) is 0.133. The summed E-state index contributed by atoms with van der Waals surface area (Å²) in [6, 6.07) is 10.0. The molecule has 0 fully saturated rings. The number of nitrogen functional groups attached to an aromatic ring is 1. The minimum Gasteiger partial charge on any atom is -0.497 e. The Labute approximate surface area is 115 Å². The first kappa shape index (κ1) is 12.5. The van der Waals surface area contributed by atoms with E-state index in [9.17, 15) is 4.39 Å². The Morgan fingerprint density at radius 3 is 2.75 bits per heavy atom. The van der Waals surface area contributed by atoms with Crippen molar-refractivity contribution in [3.8, 4) is 17.1 Å². The number of hydrogen-bond acceptors (Lipinski definition) is 3. The van der Waals surface area contributed by atoms with Gasteiger partial charge in [-0.3, -0.25) is 0 Å². The number of fused-ring (bicyclic) bond motifs is 1. The van der Waals surface area contributed by atoms with Gasteiger partial charge in [-0.15, -0.1) is 0 Å². The van der Waals surface area contributed by atoms with Gasteiger partial charge in [0.2, 0.25) is 0 Å². The van der Waals surface area contributed by atoms with Crippen molar-refractivity contribution in [3.63, 3.8) is 0 Å². The third-order valence-electron chi connectivity index (χ3n) is 3.32. The van der Waals surface area contributed by atoms with E-state index in [-0.39, 0.29) is 5.82 Å². The van der Waals surface area contributed by atoms with E-state index in [4.69, 9.17) is 10.5 Å². The third-order valence-corrected chi connectivity index (χ3v) is 3.32. The molecule has 0 saturated heterocycles. The predicted molar refractivity (Wildman–Crippen MR) is 77.1 cm³/mol. The highest BCUT2D eigenvalue weighted by Crippen LogP contribution is 2.29. The van der Waals surface area contributed by atoms with Gasteiger partial charge in [0.1, 0.15) is 17.4 Å². The molecule has 0 amide bonds. The zero-order valence-electron chi connectivity index (χ0n) is 11.2. The molecule has 1 heterocycles. The molecule has 20 heavy (non-hydrogen) atoms. The van der Waals surface area contributed by atoms with Gasteiger partial charge in [0, 0.05) is 18.8 Å². The van der Waals surface area contributed by atoms with E-state index in [1.54, 1.807) is 13.2 Å². The molecule has 2 N–H and O–H groups in total. The molecule has 0 unspecified atom stereocenters. The fourth-order valence-corrected chi connectivity index (χ4v) is 2.26. The van der Waals surface area contributed by atoms with Crippen LogP contribution in [-0.4, -0.2) is 16.7 Å². The van der Waals surface area contributed by atoms with Crippen molar-refractivity contribution in [2.24, 2.45) is 7.05 Å². The standard InChI is InChI=1S/C15H14FN3O/c1-19-14-6-4-10(20-2)8-13(14)18-15(19)11-7-9(17)3-5-12(11)16/h3-8H,17H2,1-2H3. The lowest BCUT2D eigenvalue weighted by Gasteiger charge is -2.05. The summed E-state index contributed by atoms with van der Waals surface area (Å²) in [4.78, 5) is 4.48. The number of methoxy groups -OCH3 is 1. The molecule has 0 aliphatic carbocycles. The van der Waals surface area contributed by atoms with Crippen LogP contribution in [0.2, 0.25) is 0 Å². The van der Waals surface area contributed by atoms with E-state index in [2.05, 4.69) is 4.98 Å². The molecular weight excluding hydrogens is 257 g/mol. The van der Waals surface area contributed by atoms with Crippen LogP contribution < -0.4 is 10.5 Å². The highest BCUT2D eigenvalue weighted by molar-refractivity contribution is 5.82. The molecular formula is C15H14FN3O. The summed E-state index contributed by atoms with van der Waals surface area (Å²) in [6.45, 7) is 0. The number of hydrogen-bond donors (Lipinski definition) is 1. The number of benzene rings is 2. The summed E-state index contributed by atoms with van der Waals surface area (Å²) in [5.41, 5.74) is 8.29. The smallest absolute Gasteiger partial charge is 0.143 e. The van der Waals surface area contributed by atoms with Gasteiger partial charge in [-0.2, -0.15) is 0 Å². The zero-order valence-corrected chi connectivity index (χ0v) is 11.2. The topological polar surface area (TPSA) is 53.1 Å². The first-order valence-electron chi connectivity index (χ1n) is 6.16. The summed E-state index contributed by atoms with van der Waals surface area (Å²) in [5.74, 6) is 0.915. The number of halogens is 1. The fourth-order valence-electron chi connectivity index (χ4n) is 2.26. The van der Waals surface area contributed by atoms with E-state index in [0.29, 0.717) is 17.1 Å². The number of nitrogens with zero attached hydrogens (tertiary/aromatic N) is 2. The molecule has 0 spiro atoms. The van der Waals surface area contributed by atoms with Gasteiger partial charge in [-0.25, -0.2) is 9.37 Å². The Morgan fingerprint density at radius 1 is 1.20 bits per heavy atom. The van der Waals surface area contributed by atoms with Crippen LogP contribution in [0, 0.1) is 5.82 Å². The van der Waals surface area contributed by atoms with Gasteiger partial charge in [0.25, 0.3) is 0 Å². The van der Waals surface area contributed by atoms with Gasteiger partial charge in [-0.05, 0) is 30.3 Å². The molecule has 3 aromatic rings. The average Bonchev–Trinajstić information content (AvgIpc) is 2.78. The lowest BCUT2D eigenvalue weighted by atomic mass is 10.2. The van der Waals surface area contributed by atoms with Crippen molar-refractivity contribution in [1.82, 2.24) is 9.55 Å². The molecule has 102 valence electrons. The zero-order chi connectivity index (χ0) is 14.3. The van der Waals surface area contributed by atoms with Crippen molar-refractivity contribution in [1.29, 1.82) is 0 Å². The van der Waals surface area contributed by atoms with Crippen molar-refractivity contribution >= 4 is 16.7 Å². The maximum Gasteiger partial charge on any atom is 0.143 e. The third kappa shape index (κ3) is 1.87. The molecule has 2 aromatic carbocycles. The van der Waals surface area contributed by atoms with Crippen LogP contribution in [0.15, 0.2) is 36.4 Å². The van der Waals surface area contributed by atoms with Crippen molar-refractivity contribution < 1.29 is 9.13 Å². The minimum absolute atomic E-state index is 0.343. The molecule has 4 nitrogen and oxygen atoms in total. The Morgan fingerprint density at radius 2 is 2.00 bits per heavy atom. The van der Waals surface area contributed by atoms with Crippen LogP contribution in [0.5, 0.6) is 5.75 Å². The number of ether oxygens (including phenoxy) is 1. The maximum absolute atomic E-state index is 14.0. The van der Waals surface area contributed by atoms with E-state index in [0.717, 1.165) is 16.8 Å². The molecule has 5 heteroatoms. The largest absolute Gasteiger partial charge is 0.497 e. The molecule has 0 atom stereocenters. The number of anilines is 1. The number of rotatable bonds is 2. The lowest BCUT2D eigenvalue weighted by Crippen LogP contribution is -1.96. The van der Waals surface area contributed by atoms with Gasteiger partial charge in [0.05, 0.1) is 23.7 Å². The van der Waals surface area contributed by atoms with Crippen molar-refractivity contribution in [2.75, 3.05) is 12.8 Å². The second-order valence-electron chi connectivity index (χ2n) is 4.59. The van der Waals surface area contributed by atoms with Gasteiger partial charge < -0.3 is 15.0 Å². The average molecular weight is 271 g/mol. The predicted octanol–water partition coefficient (Wildman–Crippen LogP) is 2.97. The normalized spacial score (nSPS) is 10.9. The van der Waals surface area contributed by atoms with Crippen molar-refractivity contribution in [3.05, 3.63) is 42.2 Å². The quantitative estimate of drug-likeness (QED) is 0.729. The summed E-state index contributed by atoms with van der Waals surface area (Å²) in [6.07, 6.45) is 0. The molecule has 0 saturated carbocycles. The first-order chi connectivity index (χ1) is 9.60. The number of nitrogens with two attached hydrogens (primary N) is 1. The summed E-state index contributed by atoms with van der Waals surface area (Å²) in [7, 11) is 3.45. The van der Waals surface area contributed by atoms with Crippen LogP contribution >= 0.6 is 0 Å². The van der Waals surface area contributed by atoms with E-state index >= 15 is 0 Å². The molecule has 1 aromatic heterocycles. The van der Waals surface area contributed by atoms with Crippen LogP contribution in [-0.2, 0) is 7.05 Å². The van der Waals surface area contributed by atoms with Crippen LogP contribution in [0.1, 0.15) is 0 Å². The van der Waals surface area contributed by atoms with Crippen LogP contribution in [0.3, 0.4) is 0 Å². The van der Waals surface area contributed by atoms with E-state index in [1.165, 1.54) is 12.1 Å². The lowest BCUT2D eigenvalue weighted by molar-refractivity contribution is 0.415. The van der Waals surface area contributed by atoms with Crippen LogP contribution in [0.4, 0.5) is 10.1 Å². The molecule has 0 bridgehead atoms. The number of imidazole rings is 1. The Hall–Kier alpha value is -2.56. The van der Waals surface area contributed by atoms with Gasteiger partial charge in [0.15, 0.2) is 0 Å². The van der Waals surface area contributed by atoms with Gasteiger partial charge >= 0.3 is 0 Å². The minimum atomic E-state index is -0.343. The second kappa shape index (κ2) is 4.52. The highest BCUT2D eigenvalue weighted by Gasteiger charge is 2.14. The maximum atomic E-state index is 14.0. The van der Waals surface area contributed by atoms with E-state index in [1.807, 2.05) is 29.8 Å².